The van der Waals surface area contributed by atoms with E-state index in [1.54, 1.807) is 6.92 Å². The molecule has 2 aromatic rings. The van der Waals surface area contributed by atoms with Gasteiger partial charge < -0.3 is 10.2 Å². The number of nitro groups is 1. The number of anilines is 2. The largest absolute Gasteiger partial charge is 0.325 e. The van der Waals surface area contributed by atoms with Gasteiger partial charge in [0, 0.05) is 35.6 Å². The fraction of sp³-hybridized carbons (Fsp3) is 0.222. The number of rotatable bonds is 4. The Bertz CT molecular complexity index is 948. The zero-order chi connectivity index (χ0) is 19.7. The smallest absolute Gasteiger partial charge is 0.274 e. The van der Waals surface area contributed by atoms with E-state index in [9.17, 15) is 28.5 Å². The van der Waals surface area contributed by atoms with E-state index in [1.165, 1.54) is 29.2 Å². The molecule has 27 heavy (non-hydrogen) atoms. The van der Waals surface area contributed by atoms with Crippen molar-refractivity contribution in [2.75, 3.05) is 16.8 Å². The van der Waals surface area contributed by atoms with Crippen LogP contribution >= 0.6 is 0 Å². The molecular weight excluding hydrogens is 360 g/mol. The number of aryl methyl sites for hydroxylation is 1. The van der Waals surface area contributed by atoms with Crippen LogP contribution in [0.25, 0.3) is 0 Å². The highest BCUT2D eigenvalue weighted by atomic mass is 19.2. The summed E-state index contributed by atoms with van der Waals surface area (Å²) in [5, 5.41) is 13.5. The van der Waals surface area contributed by atoms with Crippen molar-refractivity contribution in [3.05, 3.63) is 63.7 Å². The molecule has 0 saturated carbocycles. The number of nitro benzene ring substituents is 1. The number of nitrogens with one attached hydrogen (secondary N) is 1. The van der Waals surface area contributed by atoms with Crippen LogP contribution in [0.5, 0.6) is 0 Å². The van der Waals surface area contributed by atoms with Crippen molar-refractivity contribution in [3.63, 3.8) is 0 Å². The van der Waals surface area contributed by atoms with Crippen molar-refractivity contribution < 1.29 is 23.3 Å². The van der Waals surface area contributed by atoms with Gasteiger partial charge in [-0.05, 0) is 31.5 Å². The fourth-order valence-corrected chi connectivity index (χ4v) is 2.95. The van der Waals surface area contributed by atoms with E-state index < -0.39 is 34.3 Å². The molecule has 3 rings (SSSR count). The molecule has 1 aliphatic rings. The Morgan fingerprint density at radius 2 is 1.96 bits per heavy atom. The van der Waals surface area contributed by atoms with Crippen molar-refractivity contribution in [1.29, 1.82) is 0 Å². The second-order valence-corrected chi connectivity index (χ2v) is 6.18. The Kier molecular flexibility index (Phi) is 4.85. The van der Waals surface area contributed by atoms with Crippen molar-refractivity contribution in [2.45, 2.75) is 13.3 Å². The monoisotopic (exact) mass is 375 g/mol. The van der Waals surface area contributed by atoms with Crippen LogP contribution in [0.15, 0.2) is 36.4 Å². The molecule has 0 bridgehead atoms. The van der Waals surface area contributed by atoms with E-state index in [4.69, 9.17) is 0 Å². The van der Waals surface area contributed by atoms with Gasteiger partial charge in [0.2, 0.25) is 11.8 Å². The van der Waals surface area contributed by atoms with Crippen molar-refractivity contribution in [1.82, 2.24) is 0 Å². The van der Waals surface area contributed by atoms with Gasteiger partial charge in [0.25, 0.3) is 5.69 Å². The first-order valence-electron chi connectivity index (χ1n) is 8.10. The Morgan fingerprint density at radius 3 is 2.63 bits per heavy atom. The first-order valence-corrected chi connectivity index (χ1v) is 8.10. The van der Waals surface area contributed by atoms with Gasteiger partial charge in [-0.3, -0.25) is 19.7 Å². The Hall–Kier alpha value is -3.36. The van der Waals surface area contributed by atoms with Gasteiger partial charge in [0.05, 0.1) is 4.92 Å². The second kappa shape index (κ2) is 7.10. The van der Waals surface area contributed by atoms with E-state index in [2.05, 4.69) is 5.32 Å². The van der Waals surface area contributed by atoms with Gasteiger partial charge in [-0.15, -0.1) is 0 Å². The average Bonchev–Trinajstić information content (AvgIpc) is 3.00. The molecule has 9 heteroatoms. The van der Waals surface area contributed by atoms with E-state index in [-0.39, 0.29) is 30.0 Å². The van der Waals surface area contributed by atoms with Crippen LogP contribution < -0.4 is 10.2 Å². The average molecular weight is 375 g/mol. The van der Waals surface area contributed by atoms with Crippen LogP contribution in [0.3, 0.4) is 0 Å². The fourth-order valence-electron chi connectivity index (χ4n) is 2.95. The topological polar surface area (TPSA) is 92.6 Å². The van der Waals surface area contributed by atoms with Gasteiger partial charge in [-0.1, -0.05) is 6.07 Å². The van der Waals surface area contributed by atoms with Gasteiger partial charge in [-0.25, -0.2) is 8.78 Å². The van der Waals surface area contributed by atoms with Crippen LogP contribution in [0.1, 0.15) is 12.0 Å². The maximum atomic E-state index is 13.4. The highest BCUT2D eigenvalue weighted by molar-refractivity contribution is 6.13. The zero-order valence-corrected chi connectivity index (χ0v) is 14.2. The lowest BCUT2D eigenvalue weighted by atomic mass is 10.1. The molecule has 1 N–H and O–H groups in total. The van der Waals surface area contributed by atoms with E-state index in [1.807, 2.05) is 0 Å². The molecule has 1 heterocycles. The molecule has 1 atom stereocenters. The predicted octanol–water partition coefficient (Wildman–Crippen LogP) is 3.17. The van der Waals surface area contributed by atoms with Crippen molar-refractivity contribution in [3.8, 4) is 0 Å². The minimum Gasteiger partial charge on any atom is -0.325 e. The van der Waals surface area contributed by atoms with Crippen molar-refractivity contribution >= 4 is 28.9 Å². The Balaban J connectivity index is 1.75. The van der Waals surface area contributed by atoms with E-state index in [0.29, 0.717) is 5.56 Å². The highest BCUT2D eigenvalue weighted by Crippen LogP contribution is 2.28. The van der Waals surface area contributed by atoms with Crippen LogP contribution in [0.2, 0.25) is 0 Å². The molecule has 1 aliphatic heterocycles. The third-order valence-corrected chi connectivity index (χ3v) is 4.41. The van der Waals surface area contributed by atoms with E-state index >= 15 is 0 Å². The molecule has 2 aromatic carbocycles. The molecule has 140 valence electrons. The molecule has 0 radical (unpaired) electrons. The SMILES string of the molecule is Cc1ccc(NC(=O)C2CCN(c3ccc(F)c(F)c3)C2=O)cc1[N+](=O)[O-]. The zero-order valence-electron chi connectivity index (χ0n) is 14.2. The second-order valence-electron chi connectivity index (χ2n) is 6.18. The predicted molar refractivity (Wildman–Crippen MR) is 93.3 cm³/mol. The minimum atomic E-state index is -1.08. The number of benzene rings is 2. The third kappa shape index (κ3) is 3.62. The summed E-state index contributed by atoms with van der Waals surface area (Å²) in [6.45, 7) is 1.75. The summed E-state index contributed by atoms with van der Waals surface area (Å²) in [5.41, 5.74) is 0.671. The molecular formula is C18H15F2N3O4. The Labute approximate surface area is 152 Å². The highest BCUT2D eigenvalue weighted by Gasteiger charge is 2.38. The van der Waals surface area contributed by atoms with E-state index in [0.717, 1.165) is 12.1 Å². The van der Waals surface area contributed by atoms with Crippen LogP contribution in [-0.4, -0.2) is 23.3 Å². The molecule has 7 nitrogen and oxygen atoms in total. The number of nitrogens with zero attached hydrogens (tertiary/aromatic N) is 2. The summed E-state index contributed by atoms with van der Waals surface area (Å²) in [6, 6.07) is 7.30. The first-order chi connectivity index (χ1) is 12.8. The summed E-state index contributed by atoms with van der Waals surface area (Å²) in [5.74, 6) is -4.28. The first kappa shape index (κ1) is 18.4. The number of carbonyl (C=O) groups is 2. The maximum absolute atomic E-state index is 13.4. The molecule has 1 saturated heterocycles. The molecule has 0 aromatic heterocycles. The lowest BCUT2D eigenvalue weighted by Crippen LogP contribution is -2.33. The maximum Gasteiger partial charge on any atom is 0.274 e. The quantitative estimate of drug-likeness (QED) is 0.505. The van der Waals surface area contributed by atoms with Crippen molar-refractivity contribution in [2.24, 2.45) is 5.92 Å². The third-order valence-electron chi connectivity index (χ3n) is 4.41. The van der Waals surface area contributed by atoms with Crippen LogP contribution in [0, 0.1) is 34.6 Å². The molecule has 1 fully saturated rings. The van der Waals surface area contributed by atoms with Crippen LogP contribution in [-0.2, 0) is 9.59 Å². The number of halogens is 2. The van der Waals surface area contributed by atoms with Gasteiger partial charge >= 0.3 is 0 Å². The standard InChI is InChI=1S/C18H15F2N3O4/c1-10-2-3-11(8-16(10)23(26)27)21-17(24)13-6-7-22(18(13)25)12-4-5-14(19)15(20)9-12/h2-5,8-9,13H,6-7H2,1H3,(H,21,24). The van der Waals surface area contributed by atoms with Crippen LogP contribution in [0.4, 0.5) is 25.8 Å². The molecule has 0 aliphatic carbocycles. The lowest BCUT2D eigenvalue weighted by molar-refractivity contribution is -0.385. The molecule has 2 amide bonds. The Morgan fingerprint density at radius 1 is 1.22 bits per heavy atom. The summed E-state index contributed by atoms with van der Waals surface area (Å²) in [4.78, 5) is 36.6. The normalized spacial score (nSPS) is 16.5. The number of hydrogen-bond donors (Lipinski definition) is 1. The number of carbonyl (C=O) groups excluding carboxylic acids is 2. The minimum absolute atomic E-state index is 0.144. The lowest BCUT2D eigenvalue weighted by Gasteiger charge is -2.17. The summed E-state index contributed by atoms with van der Waals surface area (Å²) in [7, 11) is 0. The number of hydrogen-bond acceptors (Lipinski definition) is 4. The summed E-state index contributed by atoms with van der Waals surface area (Å²) in [6.07, 6.45) is 0.192. The summed E-state index contributed by atoms with van der Waals surface area (Å²) < 4.78 is 26.4. The van der Waals surface area contributed by atoms with Gasteiger partial charge in [0.15, 0.2) is 11.6 Å². The number of amides is 2. The molecule has 1 unspecified atom stereocenters. The molecule has 0 spiro atoms. The summed E-state index contributed by atoms with van der Waals surface area (Å²) >= 11 is 0. The van der Waals surface area contributed by atoms with Gasteiger partial charge in [-0.2, -0.15) is 0 Å². The van der Waals surface area contributed by atoms with Gasteiger partial charge in [0.1, 0.15) is 5.92 Å².